The molecule has 2 nitrogen and oxygen atoms in total. The zero-order chi connectivity index (χ0) is 14.5. The van der Waals surface area contributed by atoms with Crippen LogP contribution in [0.15, 0.2) is 24.3 Å². The molecular formula is C17H26FNO. The van der Waals surface area contributed by atoms with Gasteiger partial charge in [-0.05, 0) is 55.7 Å². The molecule has 2 unspecified atom stereocenters. The molecule has 1 aromatic carbocycles. The Hall–Kier alpha value is -0.930. The molecule has 1 saturated carbocycles. The molecule has 0 heterocycles. The van der Waals surface area contributed by atoms with Crippen LogP contribution in [0.4, 0.5) is 4.39 Å². The van der Waals surface area contributed by atoms with Crippen LogP contribution in [0.3, 0.4) is 0 Å². The summed E-state index contributed by atoms with van der Waals surface area (Å²) < 4.78 is 19.3. The molecule has 20 heavy (non-hydrogen) atoms. The molecule has 0 saturated heterocycles. The molecule has 0 aromatic heterocycles. The maximum absolute atomic E-state index is 13.1. The molecule has 1 fully saturated rings. The van der Waals surface area contributed by atoms with Gasteiger partial charge in [0.05, 0.1) is 12.2 Å². The predicted molar refractivity (Wildman–Crippen MR) is 79.9 cm³/mol. The van der Waals surface area contributed by atoms with Gasteiger partial charge >= 0.3 is 0 Å². The van der Waals surface area contributed by atoms with Crippen LogP contribution in [0.2, 0.25) is 0 Å². The van der Waals surface area contributed by atoms with E-state index in [1.54, 1.807) is 12.1 Å². The van der Waals surface area contributed by atoms with E-state index in [9.17, 15) is 4.39 Å². The third-order valence-electron chi connectivity index (χ3n) is 4.36. The maximum Gasteiger partial charge on any atom is 0.123 e. The number of halogens is 1. The zero-order valence-electron chi connectivity index (χ0n) is 12.5. The van der Waals surface area contributed by atoms with Crippen molar-refractivity contribution in [1.82, 2.24) is 0 Å². The Morgan fingerprint density at radius 2 is 1.80 bits per heavy atom. The molecular weight excluding hydrogens is 253 g/mol. The second kappa shape index (κ2) is 7.19. The lowest BCUT2D eigenvalue weighted by Crippen LogP contribution is -2.33. The molecule has 3 heteroatoms. The van der Waals surface area contributed by atoms with Crippen LogP contribution in [0.1, 0.15) is 57.6 Å². The van der Waals surface area contributed by atoms with Crippen molar-refractivity contribution < 1.29 is 9.13 Å². The van der Waals surface area contributed by atoms with Crippen LogP contribution >= 0.6 is 0 Å². The lowest BCUT2D eigenvalue weighted by atomic mass is 9.88. The Morgan fingerprint density at radius 1 is 1.20 bits per heavy atom. The molecule has 1 aliphatic rings. The van der Waals surface area contributed by atoms with Crippen LogP contribution in [-0.2, 0) is 4.74 Å². The first-order valence-electron chi connectivity index (χ1n) is 7.76. The summed E-state index contributed by atoms with van der Waals surface area (Å²) in [5.74, 6) is 0.586. The summed E-state index contributed by atoms with van der Waals surface area (Å²) in [5.41, 5.74) is 7.20. The van der Waals surface area contributed by atoms with E-state index in [1.165, 1.54) is 25.0 Å². The van der Waals surface area contributed by atoms with Gasteiger partial charge in [-0.25, -0.2) is 4.39 Å². The highest BCUT2D eigenvalue weighted by molar-refractivity contribution is 5.20. The second-order valence-corrected chi connectivity index (χ2v) is 6.06. The zero-order valence-corrected chi connectivity index (χ0v) is 12.5. The van der Waals surface area contributed by atoms with Crippen LogP contribution in [0, 0.1) is 11.7 Å². The molecule has 2 atom stereocenters. The number of nitrogens with two attached hydrogens (primary N) is 1. The van der Waals surface area contributed by atoms with E-state index < -0.39 is 0 Å². The minimum absolute atomic E-state index is 0.0418. The highest BCUT2D eigenvalue weighted by atomic mass is 19.1. The normalized spacial score (nSPS) is 26.2. The quantitative estimate of drug-likeness (QED) is 0.876. The SMILES string of the molecule is CCC(N)C(OC1CCC(C)CC1)c1ccc(F)cc1. The fourth-order valence-electron chi connectivity index (χ4n) is 2.87. The van der Waals surface area contributed by atoms with Crippen LogP contribution in [0.25, 0.3) is 0 Å². The maximum atomic E-state index is 13.1. The summed E-state index contributed by atoms with van der Waals surface area (Å²) in [7, 11) is 0. The highest BCUT2D eigenvalue weighted by Crippen LogP contribution is 2.31. The third-order valence-corrected chi connectivity index (χ3v) is 4.36. The van der Waals surface area contributed by atoms with Crippen LogP contribution in [0.5, 0.6) is 0 Å². The standard InChI is InChI=1S/C17H26FNO/c1-3-16(19)17(13-6-8-14(18)9-7-13)20-15-10-4-12(2)5-11-15/h6-9,12,15-17H,3-5,10-11,19H2,1-2H3. The second-order valence-electron chi connectivity index (χ2n) is 6.06. The van der Waals surface area contributed by atoms with E-state index in [1.807, 2.05) is 0 Å². The first-order valence-corrected chi connectivity index (χ1v) is 7.76. The van der Waals surface area contributed by atoms with Crippen molar-refractivity contribution in [2.75, 3.05) is 0 Å². The summed E-state index contributed by atoms with van der Waals surface area (Å²) in [5, 5.41) is 0. The Balaban J connectivity index is 2.05. The largest absolute Gasteiger partial charge is 0.369 e. The fraction of sp³-hybridized carbons (Fsp3) is 0.647. The van der Waals surface area contributed by atoms with Gasteiger partial charge in [0.15, 0.2) is 0 Å². The summed E-state index contributed by atoms with van der Waals surface area (Å²) in [4.78, 5) is 0. The Kier molecular flexibility index (Phi) is 5.55. The average Bonchev–Trinajstić information content (AvgIpc) is 2.47. The summed E-state index contributed by atoms with van der Waals surface area (Å²) in [6, 6.07) is 6.51. The Bertz CT molecular complexity index is 398. The molecule has 2 rings (SSSR count). The van der Waals surface area contributed by atoms with Crippen LogP contribution in [-0.4, -0.2) is 12.1 Å². The van der Waals surface area contributed by atoms with Gasteiger partial charge in [-0.15, -0.1) is 0 Å². The number of hydrogen-bond acceptors (Lipinski definition) is 2. The average molecular weight is 279 g/mol. The summed E-state index contributed by atoms with van der Waals surface area (Å²) in [6.07, 6.45) is 5.68. The Labute approximate surface area is 121 Å². The molecule has 0 bridgehead atoms. The van der Waals surface area contributed by atoms with Gasteiger partial charge in [-0.2, -0.15) is 0 Å². The van der Waals surface area contributed by atoms with E-state index in [0.717, 1.165) is 30.7 Å². The van der Waals surface area contributed by atoms with Crippen molar-refractivity contribution in [1.29, 1.82) is 0 Å². The molecule has 1 aromatic rings. The molecule has 112 valence electrons. The lowest BCUT2D eigenvalue weighted by molar-refractivity contribution is -0.0488. The number of ether oxygens (including phenoxy) is 1. The molecule has 2 N–H and O–H groups in total. The first kappa shape index (κ1) is 15.5. The Morgan fingerprint density at radius 3 is 2.35 bits per heavy atom. The van der Waals surface area contributed by atoms with E-state index in [-0.39, 0.29) is 18.0 Å². The minimum Gasteiger partial charge on any atom is -0.369 e. The van der Waals surface area contributed by atoms with Gasteiger partial charge in [0.25, 0.3) is 0 Å². The van der Waals surface area contributed by atoms with E-state index >= 15 is 0 Å². The molecule has 0 spiro atoms. The number of hydrogen-bond donors (Lipinski definition) is 1. The third kappa shape index (κ3) is 4.03. The van der Waals surface area contributed by atoms with Gasteiger partial charge in [0, 0.05) is 6.04 Å². The van der Waals surface area contributed by atoms with Gasteiger partial charge in [-0.3, -0.25) is 0 Å². The number of benzene rings is 1. The van der Waals surface area contributed by atoms with Crippen LogP contribution < -0.4 is 5.73 Å². The smallest absolute Gasteiger partial charge is 0.123 e. The monoisotopic (exact) mass is 279 g/mol. The van der Waals surface area contributed by atoms with E-state index in [0.29, 0.717) is 6.10 Å². The van der Waals surface area contributed by atoms with Crippen molar-refractivity contribution in [3.8, 4) is 0 Å². The van der Waals surface area contributed by atoms with Crippen molar-refractivity contribution in [2.45, 2.75) is 64.2 Å². The van der Waals surface area contributed by atoms with E-state index in [2.05, 4.69) is 13.8 Å². The van der Waals surface area contributed by atoms with E-state index in [4.69, 9.17) is 10.5 Å². The van der Waals surface area contributed by atoms with Gasteiger partial charge in [-0.1, -0.05) is 26.0 Å². The molecule has 1 aliphatic carbocycles. The first-order chi connectivity index (χ1) is 9.60. The molecule has 0 amide bonds. The predicted octanol–water partition coefficient (Wildman–Crippen LogP) is 4.20. The highest BCUT2D eigenvalue weighted by Gasteiger charge is 2.26. The molecule has 0 radical (unpaired) electrons. The lowest BCUT2D eigenvalue weighted by Gasteiger charge is -2.32. The summed E-state index contributed by atoms with van der Waals surface area (Å²) >= 11 is 0. The van der Waals surface area contributed by atoms with Crippen molar-refractivity contribution in [3.05, 3.63) is 35.6 Å². The molecule has 0 aliphatic heterocycles. The van der Waals surface area contributed by atoms with Gasteiger partial charge in [0.2, 0.25) is 0 Å². The van der Waals surface area contributed by atoms with Crippen molar-refractivity contribution in [3.63, 3.8) is 0 Å². The topological polar surface area (TPSA) is 35.2 Å². The van der Waals surface area contributed by atoms with Gasteiger partial charge in [0.1, 0.15) is 5.82 Å². The summed E-state index contributed by atoms with van der Waals surface area (Å²) in [6.45, 7) is 4.36. The minimum atomic E-state index is -0.218. The fourth-order valence-corrected chi connectivity index (χ4v) is 2.87. The number of rotatable bonds is 5. The van der Waals surface area contributed by atoms with Crippen molar-refractivity contribution in [2.24, 2.45) is 11.7 Å². The van der Waals surface area contributed by atoms with Crippen molar-refractivity contribution >= 4 is 0 Å². The van der Waals surface area contributed by atoms with Gasteiger partial charge < -0.3 is 10.5 Å².